The lowest BCUT2D eigenvalue weighted by molar-refractivity contribution is -0.127. The monoisotopic (exact) mass is 372 g/mol. The van der Waals surface area contributed by atoms with E-state index in [4.69, 9.17) is 4.74 Å². The van der Waals surface area contributed by atoms with E-state index in [-0.39, 0.29) is 35.6 Å². The number of aromatic nitrogens is 4. The molecule has 9 heteroatoms. The smallest absolute Gasteiger partial charge is 0.271 e. The largest absolute Gasteiger partial charge is 0.379 e. The Hall–Kier alpha value is -2.81. The molecule has 1 aliphatic rings. The zero-order chi connectivity index (χ0) is 19.1. The molecular weight excluding hydrogens is 348 g/mol. The maximum Gasteiger partial charge on any atom is 0.271 e. The van der Waals surface area contributed by atoms with Crippen molar-refractivity contribution < 1.29 is 14.3 Å². The molecule has 2 aromatic rings. The summed E-state index contributed by atoms with van der Waals surface area (Å²) in [6, 6.07) is -0.154. The van der Waals surface area contributed by atoms with Crippen molar-refractivity contribution in [2.45, 2.75) is 37.8 Å². The second-order valence-corrected chi connectivity index (χ2v) is 6.57. The number of amides is 2. The number of nitrogens with zero attached hydrogens (tertiary/aromatic N) is 3. The molecule has 3 atom stereocenters. The number of aromatic amines is 1. The summed E-state index contributed by atoms with van der Waals surface area (Å²) >= 11 is 0. The fourth-order valence-corrected chi connectivity index (χ4v) is 3.34. The van der Waals surface area contributed by atoms with E-state index in [1.807, 2.05) is 0 Å². The Morgan fingerprint density at radius 1 is 1.26 bits per heavy atom. The maximum atomic E-state index is 12.4. The number of hydrogen-bond acceptors (Lipinski definition) is 6. The van der Waals surface area contributed by atoms with Gasteiger partial charge in [-0.15, -0.1) is 0 Å². The van der Waals surface area contributed by atoms with Gasteiger partial charge in [0, 0.05) is 50.3 Å². The first kappa shape index (κ1) is 19.0. The van der Waals surface area contributed by atoms with Gasteiger partial charge in [0.15, 0.2) is 0 Å². The molecule has 2 aromatic heterocycles. The molecular formula is C18H24N6O3. The fraction of sp³-hybridized carbons (Fsp3) is 0.500. The van der Waals surface area contributed by atoms with Gasteiger partial charge in [-0.05, 0) is 19.3 Å². The number of nitrogens with one attached hydrogen (secondary N) is 3. The Balaban J connectivity index is 1.48. The Kier molecular flexibility index (Phi) is 6.48. The summed E-state index contributed by atoms with van der Waals surface area (Å²) in [6.45, 7) is 0.558. The predicted molar refractivity (Wildman–Crippen MR) is 96.7 cm³/mol. The number of carbonyl (C=O) groups excluding carboxylic acids is 2. The van der Waals surface area contributed by atoms with Crippen LogP contribution in [0.4, 0.5) is 0 Å². The molecule has 0 saturated heterocycles. The number of carbonyl (C=O) groups is 2. The lowest BCUT2D eigenvalue weighted by Gasteiger charge is -2.35. The molecule has 0 spiro atoms. The average molecular weight is 372 g/mol. The van der Waals surface area contributed by atoms with Gasteiger partial charge in [-0.2, -0.15) is 0 Å². The van der Waals surface area contributed by atoms with Gasteiger partial charge in [-0.25, -0.2) is 9.97 Å². The molecule has 3 rings (SSSR count). The van der Waals surface area contributed by atoms with Crippen molar-refractivity contribution in [3.8, 4) is 0 Å². The molecule has 0 radical (unpaired) electrons. The molecule has 1 aliphatic carbocycles. The molecule has 3 N–H and O–H groups in total. The van der Waals surface area contributed by atoms with Crippen molar-refractivity contribution in [3.05, 3.63) is 42.5 Å². The first-order valence-corrected chi connectivity index (χ1v) is 9.02. The van der Waals surface area contributed by atoms with Crippen LogP contribution in [0.3, 0.4) is 0 Å². The number of imidazole rings is 1. The predicted octanol–water partition coefficient (Wildman–Crippen LogP) is 0.472. The molecule has 2 heterocycles. The van der Waals surface area contributed by atoms with Crippen molar-refractivity contribution in [2.24, 2.45) is 5.92 Å². The molecule has 0 unspecified atom stereocenters. The molecule has 144 valence electrons. The van der Waals surface area contributed by atoms with Gasteiger partial charge < -0.3 is 20.4 Å². The molecule has 2 amide bonds. The van der Waals surface area contributed by atoms with Crippen LogP contribution in [-0.4, -0.2) is 57.6 Å². The molecule has 0 aliphatic heterocycles. The maximum absolute atomic E-state index is 12.4. The molecule has 9 nitrogen and oxygen atoms in total. The summed E-state index contributed by atoms with van der Waals surface area (Å²) in [7, 11) is 1.60. The minimum absolute atomic E-state index is 0.0234. The van der Waals surface area contributed by atoms with Crippen LogP contribution >= 0.6 is 0 Å². The van der Waals surface area contributed by atoms with E-state index in [9.17, 15) is 9.59 Å². The first-order chi connectivity index (χ1) is 13.2. The van der Waals surface area contributed by atoms with Gasteiger partial charge in [-0.3, -0.25) is 14.6 Å². The Labute approximate surface area is 157 Å². The van der Waals surface area contributed by atoms with Gasteiger partial charge in [0.25, 0.3) is 5.91 Å². The summed E-state index contributed by atoms with van der Waals surface area (Å²) in [6.07, 6.45) is 10.2. The van der Waals surface area contributed by atoms with Crippen LogP contribution < -0.4 is 10.6 Å². The summed E-state index contributed by atoms with van der Waals surface area (Å²) in [5, 5.41) is 5.92. The quantitative estimate of drug-likeness (QED) is 0.650. The molecule has 1 fully saturated rings. The van der Waals surface area contributed by atoms with Crippen LogP contribution in [0.2, 0.25) is 0 Å². The second-order valence-electron chi connectivity index (χ2n) is 6.57. The van der Waals surface area contributed by atoms with E-state index in [0.29, 0.717) is 32.2 Å². The summed E-state index contributed by atoms with van der Waals surface area (Å²) in [5.74, 6) is -0.380. The number of hydrogen-bond donors (Lipinski definition) is 3. The van der Waals surface area contributed by atoms with Crippen LogP contribution in [0, 0.1) is 5.92 Å². The lowest BCUT2D eigenvalue weighted by Crippen LogP contribution is -2.50. The van der Waals surface area contributed by atoms with Crippen LogP contribution in [0.1, 0.15) is 35.4 Å². The van der Waals surface area contributed by atoms with E-state index < -0.39 is 0 Å². The van der Waals surface area contributed by atoms with Crippen molar-refractivity contribution >= 4 is 11.8 Å². The van der Waals surface area contributed by atoms with Crippen molar-refractivity contribution in [1.82, 2.24) is 30.6 Å². The van der Waals surface area contributed by atoms with Gasteiger partial charge in [0.05, 0.1) is 24.7 Å². The van der Waals surface area contributed by atoms with Gasteiger partial charge in [0.1, 0.15) is 5.69 Å². The molecule has 1 saturated carbocycles. The Bertz CT molecular complexity index is 737. The van der Waals surface area contributed by atoms with E-state index in [0.717, 1.165) is 5.69 Å². The number of methoxy groups -OCH3 is 1. The molecule has 27 heavy (non-hydrogen) atoms. The number of H-pyrrole nitrogens is 1. The van der Waals surface area contributed by atoms with Gasteiger partial charge in [-0.1, -0.05) is 0 Å². The number of rotatable bonds is 7. The highest BCUT2D eigenvalue weighted by molar-refractivity contribution is 5.92. The van der Waals surface area contributed by atoms with E-state index >= 15 is 0 Å². The van der Waals surface area contributed by atoms with Gasteiger partial charge >= 0.3 is 0 Å². The summed E-state index contributed by atoms with van der Waals surface area (Å²) in [5.41, 5.74) is 1.26. The molecule has 0 bridgehead atoms. The van der Waals surface area contributed by atoms with E-state index in [1.165, 1.54) is 18.6 Å². The third-order valence-electron chi connectivity index (χ3n) is 4.83. The average Bonchev–Trinajstić information content (AvgIpc) is 3.22. The first-order valence-electron chi connectivity index (χ1n) is 9.02. The van der Waals surface area contributed by atoms with Crippen molar-refractivity contribution in [1.29, 1.82) is 0 Å². The number of ether oxygens (including phenoxy) is 1. The minimum Gasteiger partial charge on any atom is -0.379 e. The van der Waals surface area contributed by atoms with E-state index in [1.54, 1.807) is 19.6 Å². The van der Waals surface area contributed by atoms with Gasteiger partial charge in [0.2, 0.25) is 5.91 Å². The fourth-order valence-electron chi connectivity index (χ4n) is 3.34. The standard InChI is InChI=1S/C18H24N6O3/c1-27-16-8-12(17(25)22-5-4-13-9-20-11-23-13)2-3-14(16)24-18(26)15-10-19-6-7-21-15/h6-7,9-12,14,16H,2-5,8H2,1H3,(H,20,23)(H,22,25)(H,24,26)/t12-,14-,16-/m0/s1. The van der Waals surface area contributed by atoms with Crippen LogP contribution in [0.25, 0.3) is 0 Å². The van der Waals surface area contributed by atoms with Crippen molar-refractivity contribution in [2.75, 3.05) is 13.7 Å². The topological polar surface area (TPSA) is 122 Å². The van der Waals surface area contributed by atoms with Crippen LogP contribution in [0.15, 0.2) is 31.1 Å². The zero-order valence-electron chi connectivity index (χ0n) is 15.2. The summed E-state index contributed by atoms with van der Waals surface area (Å²) in [4.78, 5) is 39.6. The minimum atomic E-state index is -0.280. The van der Waals surface area contributed by atoms with Crippen LogP contribution in [0.5, 0.6) is 0 Å². The van der Waals surface area contributed by atoms with E-state index in [2.05, 4.69) is 30.6 Å². The highest BCUT2D eigenvalue weighted by Crippen LogP contribution is 2.27. The second kappa shape index (κ2) is 9.22. The highest BCUT2D eigenvalue weighted by Gasteiger charge is 2.35. The summed E-state index contributed by atoms with van der Waals surface area (Å²) < 4.78 is 5.54. The van der Waals surface area contributed by atoms with Crippen LogP contribution in [-0.2, 0) is 16.0 Å². The Morgan fingerprint density at radius 2 is 2.15 bits per heavy atom. The normalized spacial score (nSPS) is 22.2. The SMILES string of the molecule is CO[C@H]1C[C@@H](C(=O)NCCc2cnc[nH]2)CC[C@@H]1NC(=O)c1cnccn1. The van der Waals surface area contributed by atoms with Crippen molar-refractivity contribution in [3.63, 3.8) is 0 Å². The Morgan fingerprint density at radius 3 is 2.85 bits per heavy atom. The third-order valence-corrected chi connectivity index (χ3v) is 4.83. The molecule has 0 aromatic carbocycles. The zero-order valence-corrected chi connectivity index (χ0v) is 15.2. The lowest BCUT2D eigenvalue weighted by atomic mass is 9.83. The highest BCUT2D eigenvalue weighted by atomic mass is 16.5. The third kappa shape index (κ3) is 5.10.